The van der Waals surface area contributed by atoms with Crippen molar-refractivity contribution >= 4 is 28.6 Å². The Balaban J connectivity index is 2.28. The van der Waals surface area contributed by atoms with E-state index >= 15 is 0 Å². The average Bonchev–Trinajstić information content (AvgIpc) is 2.89. The van der Waals surface area contributed by atoms with Crippen LogP contribution < -0.4 is 16.4 Å². The minimum Gasteiger partial charge on any atom is -0.398 e. The van der Waals surface area contributed by atoms with Crippen molar-refractivity contribution in [3.8, 4) is 0 Å². The van der Waals surface area contributed by atoms with Gasteiger partial charge in [-0.1, -0.05) is 6.07 Å². The summed E-state index contributed by atoms with van der Waals surface area (Å²) in [6, 6.07) is 9.53. The molecule has 0 radical (unpaired) electrons. The Morgan fingerprint density at radius 2 is 2.16 bits per heavy atom. The molecule has 0 saturated heterocycles. The fourth-order valence-corrected chi connectivity index (χ4v) is 2.65. The van der Waals surface area contributed by atoms with Gasteiger partial charge in [-0.3, -0.25) is 4.79 Å². The van der Waals surface area contributed by atoms with Crippen LogP contribution in [0.3, 0.4) is 0 Å². The molecule has 0 aliphatic rings. The van der Waals surface area contributed by atoms with Gasteiger partial charge in [-0.05, 0) is 36.6 Å². The van der Waals surface area contributed by atoms with E-state index in [2.05, 4.69) is 23.3 Å². The maximum atomic E-state index is 11.3. The second-order valence-corrected chi connectivity index (χ2v) is 5.26. The molecule has 5 heteroatoms. The van der Waals surface area contributed by atoms with Gasteiger partial charge in [-0.2, -0.15) is 0 Å². The highest BCUT2D eigenvalue weighted by atomic mass is 32.1. The number of hydrogen-bond acceptors (Lipinski definition) is 4. The Bertz CT molecular complexity index is 566. The summed E-state index contributed by atoms with van der Waals surface area (Å²) in [4.78, 5) is 14.8. The van der Waals surface area contributed by atoms with Crippen LogP contribution in [0.5, 0.6) is 0 Å². The predicted octanol–water partition coefficient (Wildman–Crippen LogP) is 2.46. The van der Waals surface area contributed by atoms with Crippen LogP contribution in [-0.4, -0.2) is 12.5 Å². The van der Waals surface area contributed by atoms with Crippen LogP contribution in [0, 0.1) is 0 Å². The lowest BCUT2D eigenvalue weighted by atomic mass is 10.1. The number of nitrogens with two attached hydrogens (primary N) is 2. The number of anilines is 2. The highest BCUT2D eigenvalue weighted by molar-refractivity contribution is 7.09. The van der Waals surface area contributed by atoms with E-state index in [-0.39, 0.29) is 0 Å². The van der Waals surface area contributed by atoms with Gasteiger partial charge in [0.05, 0.1) is 12.1 Å². The molecule has 2 aromatic rings. The summed E-state index contributed by atoms with van der Waals surface area (Å²) in [6.45, 7) is 3.74. The number of primary amides is 1. The summed E-state index contributed by atoms with van der Waals surface area (Å²) in [5, 5.41) is 2.06. The van der Waals surface area contributed by atoms with Gasteiger partial charge in [0, 0.05) is 22.8 Å². The molecule has 0 bridgehead atoms. The van der Waals surface area contributed by atoms with Crippen molar-refractivity contribution in [3.63, 3.8) is 0 Å². The molecular weight excluding hydrogens is 258 g/mol. The van der Waals surface area contributed by atoms with Crippen LogP contribution in [0.4, 0.5) is 11.4 Å². The monoisotopic (exact) mass is 275 g/mol. The third-order valence-electron chi connectivity index (χ3n) is 2.98. The van der Waals surface area contributed by atoms with E-state index in [9.17, 15) is 4.79 Å². The average molecular weight is 275 g/mol. The van der Waals surface area contributed by atoms with E-state index in [4.69, 9.17) is 11.5 Å². The number of rotatable bonds is 5. The molecule has 100 valence electrons. The lowest BCUT2D eigenvalue weighted by Gasteiger charge is -2.23. The maximum Gasteiger partial charge on any atom is 0.250 e. The van der Waals surface area contributed by atoms with Crippen LogP contribution in [0.2, 0.25) is 0 Å². The first-order valence-corrected chi connectivity index (χ1v) is 6.96. The Morgan fingerprint density at radius 1 is 1.37 bits per heavy atom. The van der Waals surface area contributed by atoms with E-state index in [0.717, 1.165) is 18.8 Å². The molecule has 0 fully saturated rings. The number of amides is 1. The Morgan fingerprint density at radius 3 is 2.74 bits per heavy atom. The van der Waals surface area contributed by atoms with Crippen LogP contribution in [0.15, 0.2) is 35.7 Å². The van der Waals surface area contributed by atoms with Crippen molar-refractivity contribution in [3.05, 3.63) is 46.2 Å². The molecule has 1 aromatic carbocycles. The summed E-state index contributed by atoms with van der Waals surface area (Å²) in [5.41, 5.74) is 12.8. The minimum absolute atomic E-state index is 0.377. The van der Waals surface area contributed by atoms with Gasteiger partial charge >= 0.3 is 0 Å². The molecule has 1 amide bonds. The van der Waals surface area contributed by atoms with Gasteiger partial charge in [-0.25, -0.2) is 0 Å². The summed E-state index contributed by atoms with van der Waals surface area (Å²) in [5.74, 6) is -0.494. The molecule has 4 nitrogen and oxygen atoms in total. The van der Waals surface area contributed by atoms with E-state index in [1.165, 1.54) is 4.88 Å². The summed E-state index contributed by atoms with van der Waals surface area (Å²) >= 11 is 1.72. The second-order valence-electron chi connectivity index (χ2n) is 4.23. The lowest BCUT2D eigenvalue weighted by molar-refractivity contribution is 0.100. The first kappa shape index (κ1) is 13.4. The SMILES string of the molecule is CCN(Cc1cccs1)c1ccc(N)c(C(N)=O)c1. The van der Waals surface area contributed by atoms with Gasteiger partial charge in [0.2, 0.25) is 0 Å². The fourth-order valence-electron chi connectivity index (χ4n) is 1.93. The number of thiophene rings is 1. The van der Waals surface area contributed by atoms with E-state index < -0.39 is 5.91 Å². The minimum atomic E-state index is -0.494. The van der Waals surface area contributed by atoms with Gasteiger partial charge < -0.3 is 16.4 Å². The highest BCUT2D eigenvalue weighted by Gasteiger charge is 2.11. The van der Waals surface area contributed by atoms with Crippen LogP contribution in [0.1, 0.15) is 22.2 Å². The number of carbonyl (C=O) groups excluding carboxylic acids is 1. The molecule has 0 aliphatic heterocycles. The van der Waals surface area contributed by atoms with Crippen LogP contribution >= 0.6 is 11.3 Å². The Hall–Kier alpha value is -2.01. The number of nitrogens with zero attached hydrogens (tertiary/aromatic N) is 1. The molecule has 0 atom stereocenters. The molecule has 4 N–H and O–H groups in total. The van der Waals surface area contributed by atoms with Crippen molar-refractivity contribution in [2.75, 3.05) is 17.2 Å². The molecule has 0 aliphatic carbocycles. The number of benzene rings is 1. The van der Waals surface area contributed by atoms with E-state index in [0.29, 0.717) is 11.3 Å². The standard InChI is InChI=1S/C14H17N3OS/c1-2-17(9-11-4-3-7-19-11)10-5-6-13(15)12(8-10)14(16)18/h3-8H,2,9,15H2,1H3,(H2,16,18). The molecular formula is C14H17N3OS. The molecule has 19 heavy (non-hydrogen) atoms. The van der Waals surface area contributed by atoms with Gasteiger partial charge in [-0.15, -0.1) is 11.3 Å². The highest BCUT2D eigenvalue weighted by Crippen LogP contribution is 2.23. The molecule has 0 spiro atoms. The first-order chi connectivity index (χ1) is 9.11. The zero-order valence-electron chi connectivity index (χ0n) is 10.8. The number of hydrogen-bond donors (Lipinski definition) is 2. The number of nitrogen functional groups attached to an aromatic ring is 1. The molecule has 0 unspecified atom stereocenters. The quantitative estimate of drug-likeness (QED) is 0.823. The Kier molecular flexibility index (Phi) is 4.06. The largest absolute Gasteiger partial charge is 0.398 e. The Labute approximate surface area is 116 Å². The molecule has 1 aromatic heterocycles. The predicted molar refractivity (Wildman–Crippen MR) is 80.4 cm³/mol. The third kappa shape index (κ3) is 3.06. The van der Waals surface area contributed by atoms with Crippen LogP contribution in [0.25, 0.3) is 0 Å². The second kappa shape index (κ2) is 5.75. The van der Waals surface area contributed by atoms with Crippen molar-refractivity contribution in [1.82, 2.24) is 0 Å². The van der Waals surface area contributed by atoms with Crippen molar-refractivity contribution in [1.29, 1.82) is 0 Å². The molecule has 1 heterocycles. The lowest BCUT2D eigenvalue weighted by Crippen LogP contribution is -2.22. The first-order valence-electron chi connectivity index (χ1n) is 6.08. The van der Waals surface area contributed by atoms with Crippen molar-refractivity contribution in [2.45, 2.75) is 13.5 Å². The van der Waals surface area contributed by atoms with Crippen molar-refractivity contribution < 1.29 is 4.79 Å². The van der Waals surface area contributed by atoms with E-state index in [1.807, 2.05) is 12.1 Å². The smallest absolute Gasteiger partial charge is 0.250 e. The summed E-state index contributed by atoms with van der Waals surface area (Å²) in [6.07, 6.45) is 0. The third-order valence-corrected chi connectivity index (χ3v) is 3.84. The normalized spacial score (nSPS) is 10.4. The molecule has 2 rings (SSSR count). The van der Waals surface area contributed by atoms with Crippen molar-refractivity contribution in [2.24, 2.45) is 5.73 Å². The van der Waals surface area contributed by atoms with Gasteiger partial charge in [0.25, 0.3) is 5.91 Å². The molecule has 0 saturated carbocycles. The maximum absolute atomic E-state index is 11.3. The van der Waals surface area contributed by atoms with Gasteiger partial charge in [0.15, 0.2) is 0 Å². The van der Waals surface area contributed by atoms with Gasteiger partial charge in [0.1, 0.15) is 0 Å². The summed E-state index contributed by atoms with van der Waals surface area (Å²) < 4.78 is 0. The summed E-state index contributed by atoms with van der Waals surface area (Å²) in [7, 11) is 0. The zero-order valence-corrected chi connectivity index (χ0v) is 11.6. The fraction of sp³-hybridized carbons (Fsp3) is 0.214. The van der Waals surface area contributed by atoms with E-state index in [1.54, 1.807) is 23.5 Å². The topological polar surface area (TPSA) is 72.3 Å². The number of carbonyl (C=O) groups is 1. The van der Waals surface area contributed by atoms with Crippen LogP contribution in [-0.2, 0) is 6.54 Å². The zero-order chi connectivity index (χ0) is 13.8.